The van der Waals surface area contributed by atoms with E-state index < -0.39 is 17.6 Å². The maximum Gasteiger partial charge on any atom is 0.139 e. The molecular weight excluding hydrogens is 510 g/mol. The summed E-state index contributed by atoms with van der Waals surface area (Å²) in [6, 6.07) is 9.74. The number of hydrogen-bond acceptors (Lipinski definition) is 7. The van der Waals surface area contributed by atoms with E-state index in [0.717, 1.165) is 39.3 Å². The van der Waals surface area contributed by atoms with E-state index in [4.69, 9.17) is 17.2 Å². The van der Waals surface area contributed by atoms with Crippen molar-refractivity contribution in [3.63, 3.8) is 0 Å². The molecule has 2 fully saturated rings. The lowest BCUT2D eigenvalue weighted by atomic mass is 9.80. The molecule has 186 valence electrons. The number of nitrogens with zero attached hydrogens (tertiary/aromatic N) is 3. The first-order valence-corrected chi connectivity index (χ1v) is 12.7. The second-order valence-electron chi connectivity index (χ2n) is 10.0. The van der Waals surface area contributed by atoms with Crippen molar-refractivity contribution in [2.45, 2.75) is 56.5 Å². The van der Waals surface area contributed by atoms with Gasteiger partial charge < -0.3 is 37.3 Å². The predicted molar refractivity (Wildman–Crippen MR) is 141 cm³/mol. The molecule has 3 heterocycles. The Morgan fingerprint density at radius 3 is 2.86 bits per heavy atom. The van der Waals surface area contributed by atoms with Gasteiger partial charge in [0.05, 0.1) is 28.5 Å². The van der Waals surface area contributed by atoms with Crippen molar-refractivity contribution in [2.75, 3.05) is 12.3 Å². The van der Waals surface area contributed by atoms with E-state index in [9.17, 15) is 10.2 Å². The SMILES string of the molecule is CC(N)c1ccn([C@@H]2C[C@@]3(CN[C@@H](Cc4ccc5cc(Br)c(N)nc5c4)C3)[C@@H](O)[C@H]2O)c1N=CN. The monoisotopic (exact) mass is 541 g/mol. The Hall–Kier alpha value is -2.50. The summed E-state index contributed by atoms with van der Waals surface area (Å²) in [5.74, 6) is 1.10. The molecule has 1 unspecified atom stereocenters. The van der Waals surface area contributed by atoms with Crippen LogP contribution >= 0.6 is 15.9 Å². The van der Waals surface area contributed by atoms with E-state index in [1.807, 2.05) is 29.8 Å². The third kappa shape index (κ3) is 4.23. The number of aromatic nitrogens is 2. The summed E-state index contributed by atoms with van der Waals surface area (Å²) in [5, 5.41) is 26.9. The minimum Gasteiger partial charge on any atom is -0.390 e. The fourth-order valence-corrected chi connectivity index (χ4v) is 6.24. The summed E-state index contributed by atoms with van der Waals surface area (Å²) in [7, 11) is 0. The smallest absolute Gasteiger partial charge is 0.139 e. The number of halogens is 1. The third-order valence-electron chi connectivity index (χ3n) is 7.66. The normalized spacial score (nSPS) is 29.6. The Morgan fingerprint density at radius 2 is 2.11 bits per heavy atom. The van der Waals surface area contributed by atoms with Gasteiger partial charge in [-0.2, -0.15) is 0 Å². The lowest BCUT2D eigenvalue weighted by Crippen LogP contribution is -2.38. The Labute approximate surface area is 212 Å². The zero-order chi connectivity index (χ0) is 24.9. The number of rotatable bonds is 5. The molecule has 0 radical (unpaired) electrons. The largest absolute Gasteiger partial charge is 0.390 e. The van der Waals surface area contributed by atoms with Crippen LogP contribution in [0, 0.1) is 5.41 Å². The molecule has 1 aromatic carbocycles. The third-order valence-corrected chi connectivity index (χ3v) is 8.30. The topological polar surface area (TPSA) is 161 Å². The number of benzene rings is 1. The van der Waals surface area contributed by atoms with Crippen molar-refractivity contribution in [1.82, 2.24) is 14.9 Å². The van der Waals surface area contributed by atoms with Crippen molar-refractivity contribution in [3.05, 3.63) is 52.1 Å². The molecule has 9 N–H and O–H groups in total. The van der Waals surface area contributed by atoms with E-state index in [0.29, 0.717) is 24.6 Å². The molecule has 2 aliphatic rings. The van der Waals surface area contributed by atoms with Gasteiger partial charge in [0, 0.05) is 41.2 Å². The molecular formula is C25H32BrN7O2. The second kappa shape index (κ2) is 9.18. The molecule has 6 atom stereocenters. The zero-order valence-electron chi connectivity index (χ0n) is 19.6. The molecule has 0 bridgehead atoms. The summed E-state index contributed by atoms with van der Waals surface area (Å²) < 4.78 is 2.70. The maximum atomic E-state index is 11.2. The molecule has 3 aromatic rings. The number of aliphatic hydroxyl groups excluding tert-OH is 2. The zero-order valence-corrected chi connectivity index (χ0v) is 21.2. The molecule has 0 amide bonds. The number of nitrogens with one attached hydrogen (secondary N) is 1. The highest BCUT2D eigenvalue weighted by molar-refractivity contribution is 9.10. The number of nitrogen functional groups attached to an aromatic ring is 1. The Morgan fingerprint density at radius 1 is 1.31 bits per heavy atom. The van der Waals surface area contributed by atoms with E-state index in [-0.39, 0.29) is 18.1 Å². The minimum atomic E-state index is -0.915. The molecule has 5 rings (SSSR count). The molecule has 2 aromatic heterocycles. The summed E-state index contributed by atoms with van der Waals surface area (Å²) in [6.07, 6.45) is 3.54. The van der Waals surface area contributed by atoms with Gasteiger partial charge in [-0.25, -0.2) is 9.98 Å². The predicted octanol–water partition coefficient (Wildman–Crippen LogP) is 2.28. The van der Waals surface area contributed by atoms with Crippen molar-refractivity contribution < 1.29 is 10.2 Å². The van der Waals surface area contributed by atoms with Crippen molar-refractivity contribution in [3.8, 4) is 0 Å². The van der Waals surface area contributed by atoms with Crippen LogP contribution in [0.4, 0.5) is 11.6 Å². The highest BCUT2D eigenvalue weighted by atomic mass is 79.9. The second-order valence-corrected chi connectivity index (χ2v) is 10.9. The summed E-state index contributed by atoms with van der Waals surface area (Å²) in [5.41, 5.74) is 20.1. The van der Waals surface area contributed by atoms with Gasteiger partial charge in [0.2, 0.25) is 0 Å². The number of pyridine rings is 1. The van der Waals surface area contributed by atoms with Crippen LogP contribution in [0.5, 0.6) is 0 Å². The number of fused-ring (bicyclic) bond motifs is 1. The maximum absolute atomic E-state index is 11.2. The average molecular weight is 542 g/mol. The number of anilines is 1. The lowest BCUT2D eigenvalue weighted by Gasteiger charge is -2.27. The van der Waals surface area contributed by atoms with E-state index in [2.05, 4.69) is 49.4 Å². The minimum absolute atomic E-state index is 0.173. The van der Waals surface area contributed by atoms with Crippen LogP contribution in [0.2, 0.25) is 0 Å². The molecule has 1 saturated carbocycles. The van der Waals surface area contributed by atoms with Crippen LogP contribution < -0.4 is 22.5 Å². The van der Waals surface area contributed by atoms with Crippen LogP contribution in [-0.4, -0.2) is 50.9 Å². The molecule has 1 aliphatic carbocycles. The van der Waals surface area contributed by atoms with Crippen LogP contribution in [0.1, 0.15) is 43.0 Å². The summed E-state index contributed by atoms with van der Waals surface area (Å²) in [6.45, 7) is 2.52. The van der Waals surface area contributed by atoms with Gasteiger partial charge in [0.15, 0.2) is 0 Å². The van der Waals surface area contributed by atoms with E-state index >= 15 is 0 Å². The van der Waals surface area contributed by atoms with E-state index in [1.54, 1.807) is 0 Å². The number of aliphatic imine (C=N–C) groups is 1. The van der Waals surface area contributed by atoms with Crippen LogP contribution in [-0.2, 0) is 6.42 Å². The Balaban J connectivity index is 1.36. The van der Waals surface area contributed by atoms with Gasteiger partial charge >= 0.3 is 0 Å². The Bertz CT molecular complexity index is 1280. The van der Waals surface area contributed by atoms with Gasteiger partial charge in [-0.15, -0.1) is 0 Å². The molecule has 1 spiro atoms. The average Bonchev–Trinajstić information content (AvgIpc) is 3.48. The first-order chi connectivity index (χ1) is 16.7. The van der Waals surface area contributed by atoms with Gasteiger partial charge in [-0.3, -0.25) is 0 Å². The number of nitrogens with two attached hydrogens (primary N) is 3. The highest BCUT2D eigenvalue weighted by Crippen LogP contribution is 2.51. The van der Waals surface area contributed by atoms with Crippen molar-refractivity contribution in [1.29, 1.82) is 0 Å². The van der Waals surface area contributed by atoms with Gasteiger partial charge in [-0.05, 0) is 65.9 Å². The number of hydrogen-bond donors (Lipinski definition) is 6. The summed E-state index contributed by atoms with van der Waals surface area (Å²) in [4.78, 5) is 8.81. The number of aliphatic hydroxyl groups is 2. The van der Waals surface area contributed by atoms with Gasteiger partial charge in [0.1, 0.15) is 17.7 Å². The summed E-state index contributed by atoms with van der Waals surface area (Å²) >= 11 is 3.43. The molecule has 9 nitrogen and oxygen atoms in total. The first-order valence-electron chi connectivity index (χ1n) is 11.9. The van der Waals surface area contributed by atoms with Gasteiger partial charge in [0.25, 0.3) is 0 Å². The quantitative estimate of drug-likeness (QED) is 0.213. The molecule has 1 aliphatic heterocycles. The fourth-order valence-electron chi connectivity index (χ4n) is 5.90. The Kier molecular flexibility index (Phi) is 6.35. The molecule has 10 heteroatoms. The highest BCUT2D eigenvalue weighted by Gasteiger charge is 2.56. The van der Waals surface area contributed by atoms with Gasteiger partial charge in [-0.1, -0.05) is 12.1 Å². The van der Waals surface area contributed by atoms with Crippen molar-refractivity contribution >= 4 is 44.8 Å². The van der Waals surface area contributed by atoms with Crippen molar-refractivity contribution in [2.24, 2.45) is 21.9 Å². The standard InChI is InChI=1S/C25H32BrN7O2/c1-13(28)17-4-5-33(24(17)31-12-27)20-10-25(22(35)21(20)34)9-16(30-11-25)6-14-2-3-15-8-18(26)23(29)32-19(15)7-14/h2-5,7-8,12-13,16,20-22,30,34-35H,6,9-11,28H2,1H3,(H2,27,31)(H2,29,32)/t13?,16-,20+,21-,22-,25-/m0/s1. The van der Waals surface area contributed by atoms with Crippen LogP contribution in [0.3, 0.4) is 0 Å². The molecule has 1 saturated heterocycles. The fraction of sp³-hybridized carbons (Fsp3) is 0.440. The van der Waals surface area contributed by atoms with Crippen LogP contribution in [0.15, 0.2) is 46.0 Å². The van der Waals surface area contributed by atoms with E-state index in [1.165, 1.54) is 6.34 Å². The van der Waals surface area contributed by atoms with Crippen LogP contribution in [0.25, 0.3) is 10.9 Å². The lowest BCUT2D eigenvalue weighted by molar-refractivity contribution is -0.0219. The first kappa shape index (κ1) is 24.2. The molecule has 35 heavy (non-hydrogen) atoms.